The molecule has 0 bridgehead atoms. The van der Waals surface area contributed by atoms with Gasteiger partial charge in [-0.3, -0.25) is 4.79 Å². The van der Waals surface area contributed by atoms with Gasteiger partial charge in [-0.2, -0.15) is 4.98 Å². The number of nitrogens with one attached hydrogen (secondary N) is 1. The Morgan fingerprint density at radius 3 is 2.87 bits per heavy atom. The van der Waals surface area contributed by atoms with E-state index in [4.69, 9.17) is 4.52 Å². The molecular weight excluding hydrogens is 194 g/mol. The van der Waals surface area contributed by atoms with Crippen molar-refractivity contribution in [2.75, 3.05) is 13.1 Å². The van der Waals surface area contributed by atoms with Crippen LogP contribution in [0.2, 0.25) is 0 Å². The molecule has 2 rings (SSSR count). The first kappa shape index (κ1) is 10.3. The van der Waals surface area contributed by atoms with Gasteiger partial charge in [0.1, 0.15) is 0 Å². The largest absolute Gasteiger partial charge is 0.339 e. The smallest absolute Gasteiger partial charge is 0.238 e. The normalized spacial score (nSPS) is 17.9. The molecule has 0 spiro atoms. The number of nitrogens with zero attached hydrogens (tertiary/aromatic N) is 2. The average molecular weight is 209 g/mol. The van der Waals surface area contributed by atoms with Crippen molar-refractivity contribution in [2.45, 2.75) is 26.2 Å². The third-order valence-electron chi connectivity index (χ3n) is 2.71. The molecule has 0 aromatic carbocycles. The zero-order chi connectivity index (χ0) is 10.7. The molecule has 15 heavy (non-hydrogen) atoms. The van der Waals surface area contributed by atoms with E-state index in [0.717, 1.165) is 32.4 Å². The van der Waals surface area contributed by atoms with E-state index in [0.29, 0.717) is 11.8 Å². The van der Waals surface area contributed by atoms with Gasteiger partial charge in [0.2, 0.25) is 17.5 Å². The SMILES string of the molecule is CC(=O)c1noc(CC2CCNCC2)n1. The summed E-state index contributed by atoms with van der Waals surface area (Å²) in [7, 11) is 0. The number of hydrogen-bond donors (Lipinski definition) is 1. The summed E-state index contributed by atoms with van der Waals surface area (Å²) >= 11 is 0. The number of piperidine rings is 1. The molecule has 82 valence electrons. The van der Waals surface area contributed by atoms with Crippen LogP contribution in [0.5, 0.6) is 0 Å². The maximum atomic E-state index is 11.0. The number of carbonyl (C=O) groups excluding carboxylic acids is 1. The molecule has 1 N–H and O–H groups in total. The van der Waals surface area contributed by atoms with Crippen molar-refractivity contribution in [3.63, 3.8) is 0 Å². The Morgan fingerprint density at radius 1 is 1.53 bits per heavy atom. The van der Waals surface area contributed by atoms with E-state index in [-0.39, 0.29) is 11.6 Å². The van der Waals surface area contributed by atoms with E-state index >= 15 is 0 Å². The zero-order valence-corrected chi connectivity index (χ0v) is 8.82. The van der Waals surface area contributed by atoms with E-state index in [1.165, 1.54) is 6.92 Å². The van der Waals surface area contributed by atoms with Crippen LogP contribution < -0.4 is 5.32 Å². The van der Waals surface area contributed by atoms with Gasteiger partial charge in [0.05, 0.1) is 0 Å². The van der Waals surface area contributed by atoms with Crippen LogP contribution in [0, 0.1) is 5.92 Å². The van der Waals surface area contributed by atoms with E-state index in [9.17, 15) is 4.79 Å². The Balaban J connectivity index is 1.94. The minimum atomic E-state index is -0.143. The van der Waals surface area contributed by atoms with Crippen LogP contribution >= 0.6 is 0 Å². The Morgan fingerprint density at radius 2 is 2.27 bits per heavy atom. The highest BCUT2D eigenvalue weighted by atomic mass is 16.5. The first-order chi connectivity index (χ1) is 7.25. The number of carbonyl (C=O) groups is 1. The molecule has 1 aromatic heterocycles. The minimum Gasteiger partial charge on any atom is -0.339 e. The lowest BCUT2D eigenvalue weighted by Gasteiger charge is -2.20. The molecule has 1 fully saturated rings. The second-order valence-electron chi connectivity index (χ2n) is 3.97. The quantitative estimate of drug-likeness (QED) is 0.746. The van der Waals surface area contributed by atoms with Crippen molar-refractivity contribution in [2.24, 2.45) is 5.92 Å². The summed E-state index contributed by atoms with van der Waals surface area (Å²) in [4.78, 5) is 15.0. The summed E-state index contributed by atoms with van der Waals surface area (Å²) in [5.74, 6) is 1.24. The number of hydrogen-bond acceptors (Lipinski definition) is 5. The molecule has 0 saturated carbocycles. The van der Waals surface area contributed by atoms with Gasteiger partial charge < -0.3 is 9.84 Å². The Kier molecular flexibility index (Phi) is 3.11. The van der Waals surface area contributed by atoms with Gasteiger partial charge in [0, 0.05) is 13.3 Å². The van der Waals surface area contributed by atoms with Crippen molar-refractivity contribution in [3.8, 4) is 0 Å². The van der Waals surface area contributed by atoms with E-state index in [2.05, 4.69) is 15.5 Å². The molecule has 2 heterocycles. The number of aromatic nitrogens is 2. The maximum Gasteiger partial charge on any atom is 0.238 e. The number of ketones is 1. The summed E-state index contributed by atoms with van der Waals surface area (Å²) in [6.45, 7) is 3.55. The first-order valence-corrected chi connectivity index (χ1v) is 5.30. The van der Waals surface area contributed by atoms with Crippen LogP contribution in [-0.2, 0) is 6.42 Å². The van der Waals surface area contributed by atoms with Gasteiger partial charge in [-0.05, 0) is 31.8 Å². The molecule has 1 saturated heterocycles. The fourth-order valence-electron chi connectivity index (χ4n) is 1.81. The van der Waals surface area contributed by atoms with Crippen LogP contribution in [0.3, 0.4) is 0 Å². The van der Waals surface area contributed by atoms with Crippen molar-refractivity contribution in [1.82, 2.24) is 15.5 Å². The highest BCUT2D eigenvalue weighted by Crippen LogP contribution is 2.16. The van der Waals surface area contributed by atoms with Crippen molar-refractivity contribution >= 4 is 5.78 Å². The predicted molar refractivity (Wildman–Crippen MR) is 53.6 cm³/mol. The molecule has 1 aliphatic heterocycles. The lowest BCUT2D eigenvalue weighted by atomic mass is 9.95. The van der Waals surface area contributed by atoms with Crippen LogP contribution in [-0.4, -0.2) is 29.0 Å². The van der Waals surface area contributed by atoms with Crippen molar-refractivity contribution < 1.29 is 9.32 Å². The second-order valence-corrected chi connectivity index (χ2v) is 3.97. The van der Waals surface area contributed by atoms with Crippen molar-refractivity contribution in [3.05, 3.63) is 11.7 Å². The Bertz CT molecular complexity index is 342. The van der Waals surface area contributed by atoms with Gasteiger partial charge in [-0.25, -0.2) is 0 Å². The highest BCUT2D eigenvalue weighted by Gasteiger charge is 2.18. The van der Waals surface area contributed by atoms with Crippen molar-refractivity contribution in [1.29, 1.82) is 0 Å². The fraction of sp³-hybridized carbons (Fsp3) is 0.700. The van der Waals surface area contributed by atoms with Gasteiger partial charge in [-0.1, -0.05) is 5.16 Å². The lowest BCUT2D eigenvalue weighted by molar-refractivity contribution is 0.100. The van der Waals surface area contributed by atoms with Gasteiger partial charge in [-0.15, -0.1) is 0 Å². The Labute approximate surface area is 88.2 Å². The molecule has 0 atom stereocenters. The number of rotatable bonds is 3. The second kappa shape index (κ2) is 4.53. The van der Waals surface area contributed by atoms with Crippen LogP contribution in [0.15, 0.2) is 4.52 Å². The third-order valence-corrected chi connectivity index (χ3v) is 2.71. The molecule has 1 aromatic rings. The molecule has 0 radical (unpaired) electrons. The highest BCUT2D eigenvalue weighted by molar-refractivity contribution is 5.89. The molecular formula is C10H15N3O2. The summed E-state index contributed by atoms with van der Waals surface area (Å²) in [6, 6.07) is 0. The number of Topliss-reactive ketones (excluding diaryl/α,β-unsaturated/α-hetero) is 1. The monoisotopic (exact) mass is 209 g/mol. The molecule has 5 nitrogen and oxygen atoms in total. The molecule has 1 aliphatic rings. The molecule has 0 aliphatic carbocycles. The summed E-state index contributed by atoms with van der Waals surface area (Å²) in [5.41, 5.74) is 0. The van der Waals surface area contributed by atoms with Gasteiger partial charge in [0.25, 0.3) is 0 Å². The maximum absolute atomic E-state index is 11.0. The molecule has 0 amide bonds. The first-order valence-electron chi connectivity index (χ1n) is 5.30. The topological polar surface area (TPSA) is 68.0 Å². The minimum absolute atomic E-state index is 0.143. The third kappa shape index (κ3) is 2.62. The summed E-state index contributed by atoms with van der Waals surface area (Å²) in [6.07, 6.45) is 3.07. The van der Waals surface area contributed by atoms with Crippen LogP contribution in [0.25, 0.3) is 0 Å². The van der Waals surface area contributed by atoms with Gasteiger partial charge in [0.15, 0.2) is 0 Å². The molecule has 5 heteroatoms. The fourth-order valence-corrected chi connectivity index (χ4v) is 1.81. The predicted octanol–water partition coefficient (Wildman–Crippen LogP) is 0.814. The zero-order valence-electron chi connectivity index (χ0n) is 8.82. The van der Waals surface area contributed by atoms with E-state index in [1.54, 1.807) is 0 Å². The van der Waals surface area contributed by atoms with Crippen LogP contribution in [0.4, 0.5) is 0 Å². The van der Waals surface area contributed by atoms with Gasteiger partial charge >= 0.3 is 0 Å². The molecule has 0 unspecified atom stereocenters. The van der Waals surface area contributed by atoms with E-state index in [1.807, 2.05) is 0 Å². The standard InChI is InChI=1S/C10H15N3O2/c1-7(14)10-12-9(15-13-10)6-8-2-4-11-5-3-8/h8,11H,2-6H2,1H3. The Hall–Kier alpha value is -1.23. The van der Waals surface area contributed by atoms with E-state index < -0.39 is 0 Å². The van der Waals surface area contributed by atoms with Crippen LogP contribution in [0.1, 0.15) is 36.3 Å². The lowest BCUT2D eigenvalue weighted by Crippen LogP contribution is -2.28. The summed E-state index contributed by atoms with van der Waals surface area (Å²) in [5, 5.41) is 6.93. The summed E-state index contributed by atoms with van der Waals surface area (Å²) < 4.78 is 5.03. The average Bonchev–Trinajstić information content (AvgIpc) is 2.68.